The number of carbonyl (C=O) groups excluding carboxylic acids is 5. The summed E-state index contributed by atoms with van der Waals surface area (Å²) in [6.45, 7) is 1.43. The van der Waals surface area contributed by atoms with Gasteiger partial charge in [0, 0.05) is 37.8 Å². The number of nitrogens with one attached hydrogen (secondary N) is 3. The SMILES string of the molecule is CN(C(=O)c1c(C=O)cccc1NCCOCCNC=O)C1CCC(=O)NC1=O. The Morgan fingerprint density at radius 3 is 2.72 bits per heavy atom. The summed E-state index contributed by atoms with van der Waals surface area (Å²) in [5.41, 5.74) is 0.779. The van der Waals surface area contributed by atoms with Gasteiger partial charge < -0.3 is 20.3 Å². The first-order chi connectivity index (χ1) is 14.0. The van der Waals surface area contributed by atoms with Crippen LogP contribution in [0.2, 0.25) is 0 Å². The average molecular weight is 404 g/mol. The largest absolute Gasteiger partial charge is 0.382 e. The van der Waals surface area contributed by atoms with Crippen molar-refractivity contribution in [2.75, 3.05) is 38.7 Å². The Balaban J connectivity index is 2.08. The molecule has 1 unspecified atom stereocenters. The smallest absolute Gasteiger partial charge is 0.257 e. The Labute approximate surface area is 168 Å². The lowest BCUT2D eigenvalue weighted by molar-refractivity contribution is -0.136. The van der Waals surface area contributed by atoms with Gasteiger partial charge in [0.15, 0.2) is 6.29 Å². The summed E-state index contributed by atoms with van der Waals surface area (Å²) < 4.78 is 5.35. The quantitative estimate of drug-likeness (QED) is 0.258. The zero-order chi connectivity index (χ0) is 21.2. The summed E-state index contributed by atoms with van der Waals surface area (Å²) in [6.07, 6.45) is 1.54. The minimum absolute atomic E-state index is 0.144. The second kappa shape index (κ2) is 10.9. The normalized spacial score (nSPS) is 16.0. The molecule has 1 aliphatic heterocycles. The molecular formula is C19H24N4O6. The lowest BCUT2D eigenvalue weighted by Crippen LogP contribution is -2.53. The molecule has 29 heavy (non-hydrogen) atoms. The molecule has 1 aromatic rings. The van der Waals surface area contributed by atoms with Crippen LogP contribution in [0, 0.1) is 0 Å². The topological polar surface area (TPSA) is 134 Å². The van der Waals surface area contributed by atoms with Crippen molar-refractivity contribution in [3.8, 4) is 0 Å². The van der Waals surface area contributed by atoms with Crippen LogP contribution in [0.5, 0.6) is 0 Å². The molecule has 1 fully saturated rings. The van der Waals surface area contributed by atoms with E-state index >= 15 is 0 Å². The number of imide groups is 1. The molecule has 0 spiro atoms. The number of hydrogen-bond donors (Lipinski definition) is 3. The number of likely N-dealkylation sites (N-methyl/N-ethyl adjacent to an activating group) is 1. The van der Waals surface area contributed by atoms with Gasteiger partial charge >= 0.3 is 0 Å². The van der Waals surface area contributed by atoms with E-state index in [1.54, 1.807) is 12.1 Å². The van der Waals surface area contributed by atoms with E-state index in [4.69, 9.17) is 4.74 Å². The summed E-state index contributed by atoms with van der Waals surface area (Å²) in [7, 11) is 1.47. The molecule has 0 saturated carbocycles. The zero-order valence-corrected chi connectivity index (χ0v) is 16.1. The number of piperidine rings is 1. The van der Waals surface area contributed by atoms with E-state index in [2.05, 4.69) is 16.0 Å². The fraction of sp³-hybridized carbons (Fsp3) is 0.421. The van der Waals surface area contributed by atoms with Crippen molar-refractivity contribution in [2.24, 2.45) is 0 Å². The molecule has 0 bridgehead atoms. The third-order valence-corrected chi connectivity index (χ3v) is 4.47. The van der Waals surface area contributed by atoms with Crippen LogP contribution >= 0.6 is 0 Å². The van der Waals surface area contributed by atoms with Crippen molar-refractivity contribution in [1.82, 2.24) is 15.5 Å². The average Bonchev–Trinajstić information content (AvgIpc) is 2.71. The van der Waals surface area contributed by atoms with Crippen molar-refractivity contribution in [3.05, 3.63) is 29.3 Å². The molecule has 0 radical (unpaired) electrons. The van der Waals surface area contributed by atoms with E-state index in [9.17, 15) is 24.0 Å². The number of anilines is 1. The molecule has 1 aliphatic rings. The second-order valence-corrected chi connectivity index (χ2v) is 6.38. The van der Waals surface area contributed by atoms with Crippen LogP contribution in [0.25, 0.3) is 0 Å². The molecule has 4 amide bonds. The standard InChI is InChI=1S/C19H24N4O6/c1-23(15-5-6-16(26)22-18(15)27)19(28)17-13(11-24)3-2-4-14(17)21-8-10-29-9-7-20-12-25/h2-4,11-12,15,21H,5-10H2,1H3,(H,20,25)(H,22,26,27). The molecule has 0 aliphatic carbocycles. The van der Waals surface area contributed by atoms with Crippen LogP contribution in [0.4, 0.5) is 5.69 Å². The van der Waals surface area contributed by atoms with Crippen molar-refractivity contribution < 1.29 is 28.7 Å². The first kappa shape index (κ1) is 22.0. The molecule has 10 nitrogen and oxygen atoms in total. The van der Waals surface area contributed by atoms with Crippen LogP contribution in [-0.2, 0) is 19.1 Å². The molecule has 0 aromatic heterocycles. The first-order valence-electron chi connectivity index (χ1n) is 9.17. The Morgan fingerprint density at radius 2 is 2.03 bits per heavy atom. The Morgan fingerprint density at radius 1 is 1.28 bits per heavy atom. The van der Waals surface area contributed by atoms with Gasteiger partial charge in [0.1, 0.15) is 6.04 Å². The highest BCUT2D eigenvalue weighted by atomic mass is 16.5. The summed E-state index contributed by atoms with van der Waals surface area (Å²) in [4.78, 5) is 59.4. The van der Waals surface area contributed by atoms with Crippen molar-refractivity contribution >= 4 is 36.1 Å². The monoisotopic (exact) mass is 404 g/mol. The van der Waals surface area contributed by atoms with Crippen LogP contribution in [0.15, 0.2) is 18.2 Å². The maximum atomic E-state index is 13.1. The minimum Gasteiger partial charge on any atom is -0.382 e. The van der Waals surface area contributed by atoms with E-state index in [1.165, 1.54) is 18.0 Å². The van der Waals surface area contributed by atoms with Gasteiger partial charge in [0.2, 0.25) is 18.2 Å². The number of hydrogen-bond acceptors (Lipinski definition) is 7. The predicted molar refractivity (Wildman–Crippen MR) is 103 cm³/mol. The molecule has 156 valence electrons. The fourth-order valence-corrected chi connectivity index (χ4v) is 2.97. The number of benzene rings is 1. The minimum atomic E-state index is -0.790. The van der Waals surface area contributed by atoms with Gasteiger partial charge in [-0.1, -0.05) is 12.1 Å². The zero-order valence-electron chi connectivity index (χ0n) is 16.1. The first-order valence-corrected chi connectivity index (χ1v) is 9.17. The summed E-state index contributed by atoms with van der Waals surface area (Å²) in [6, 6.07) is 4.03. The van der Waals surface area contributed by atoms with Crippen LogP contribution in [-0.4, -0.2) is 74.7 Å². The van der Waals surface area contributed by atoms with Gasteiger partial charge in [-0.3, -0.25) is 29.3 Å². The number of nitrogens with zero attached hydrogens (tertiary/aromatic N) is 1. The lowest BCUT2D eigenvalue weighted by atomic mass is 10.0. The van der Waals surface area contributed by atoms with Gasteiger partial charge in [-0.15, -0.1) is 0 Å². The second-order valence-electron chi connectivity index (χ2n) is 6.38. The molecule has 1 heterocycles. The van der Waals surface area contributed by atoms with E-state index in [-0.39, 0.29) is 29.9 Å². The highest BCUT2D eigenvalue weighted by molar-refractivity contribution is 6.08. The van der Waals surface area contributed by atoms with E-state index in [1.807, 2.05) is 0 Å². The van der Waals surface area contributed by atoms with E-state index in [0.29, 0.717) is 44.7 Å². The van der Waals surface area contributed by atoms with Gasteiger partial charge in [-0.2, -0.15) is 0 Å². The number of ether oxygens (including phenoxy) is 1. The predicted octanol–water partition coefficient (Wildman–Crippen LogP) is -0.449. The number of aldehydes is 1. The third kappa shape index (κ3) is 5.85. The highest BCUT2D eigenvalue weighted by Crippen LogP contribution is 2.23. The van der Waals surface area contributed by atoms with Crippen molar-refractivity contribution in [2.45, 2.75) is 18.9 Å². The molecular weight excluding hydrogens is 380 g/mol. The fourth-order valence-electron chi connectivity index (χ4n) is 2.97. The Kier molecular flexibility index (Phi) is 8.28. The number of amides is 4. The molecule has 1 saturated heterocycles. The molecule has 2 rings (SSSR count). The van der Waals surface area contributed by atoms with Gasteiger partial charge in [-0.05, 0) is 12.5 Å². The summed E-state index contributed by atoms with van der Waals surface area (Å²) in [5, 5.41) is 7.76. The maximum Gasteiger partial charge on any atom is 0.257 e. The van der Waals surface area contributed by atoms with E-state index in [0.717, 1.165) is 0 Å². The van der Waals surface area contributed by atoms with Gasteiger partial charge in [-0.25, -0.2) is 0 Å². The number of carbonyl (C=O) groups is 5. The Bertz CT molecular complexity index is 782. The van der Waals surface area contributed by atoms with Crippen molar-refractivity contribution in [1.29, 1.82) is 0 Å². The molecule has 3 N–H and O–H groups in total. The highest BCUT2D eigenvalue weighted by Gasteiger charge is 2.33. The summed E-state index contributed by atoms with van der Waals surface area (Å²) in [5.74, 6) is -1.40. The van der Waals surface area contributed by atoms with Gasteiger partial charge in [0.25, 0.3) is 5.91 Å². The maximum absolute atomic E-state index is 13.1. The molecule has 1 atom stereocenters. The third-order valence-electron chi connectivity index (χ3n) is 4.47. The van der Waals surface area contributed by atoms with Crippen molar-refractivity contribution in [3.63, 3.8) is 0 Å². The Hall–Kier alpha value is -3.27. The van der Waals surface area contributed by atoms with E-state index < -0.39 is 17.9 Å². The van der Waals surface area contributed by atoms with Gasteiger partial charge in [0.05, 0.1) is 18.8 Å². The van der Waals surface area contributed by atoms with Crippen LogP contribution < -0.4 is 16.0 Å². The molecule has 1 aromatic carbocycles. The van der Waals surface area contributed by atoms with Crippen LogP contribution in [0.1, 0.15) is 33.6 Å². The molecule has 10 heteroatoms. The summed E-state index contributed by atoms with van der Waals surface area (Å²) >= 11 is 0. The lowest BCUT2D eigenvalue weighted by Gasteiger charge is -2.30. The van der Waals surface area contributed by atoms with Crippen LogP contribution in [0.3, 0.4) is 0 Å². The number of rotatable bonds is 11.